The fourth-order valence-electron chi connectivity index (χ4n) is 1.32. The fraction of sp³-hybridized carbons (Fsp3) is 0.417. The van der Waals surface area contributed by atoms with E-state index >= 15 is 0 Å². The van der Waals surface area contributed by atoms with E-state index in [0.29, 0.717) is 5.56 Å². The van der Waals surface area contributed by atoms with Crippen LogP contribution in [-0.2, 0) is 9.53 Å². The molecule has 0 aliphatic carbocycles. The van der Waals surface area contributed by atoms with Gasteiger partial charge < -0.3 is 14.8 Å². The van der Waals surface area contributed by atoms with Gasteiger partial charge in [0.2, 0.25) is 0 Å². The number of nitrogens with one attached hydrogen (secondary N) is 1. The van der Waals surface area contributed by atoms with E-state index in [4.69, 9.17) is 4.74 Å². The van der Waals surface area contributed by atoms with Crippen molar-refractivity contribution in [3.8, 4) is 5.75 Å². The number of ether oxygens (including phenoxy) is 2. The van der Waals surface area contributed by atoms with Crippen LogP contribution in [0.25, 0.3) is 0 Å². The zero-order valence-electron chi connectivity index (χ0n) is 10.1. The normalized spacial score (nSPS) is 12.0. The summed E-state index contributed by atoms with van der Waals surface area (Å²) in [5.74, 6) is -0.720. The maximum Gasteiger partial charge on any atom is 0.326 e. The molecule has 0 saturated carbocycles. The first kappa shape index (κ1) is 13.4. The lowest BCUT2D eigenvalue weighted by Crippen LogP contribution is -2.40. The second-order valence-electron chi connectivity index (χ2n) is 3.56. The molecule has 1 unspecified atom stereocenters. The van der Waals surface area contributed by atoms with Crippen molar-refractivity contribution in [3.63, 3.8) is 0 Å². The SMILES string of the molecule is CNC(COc1cccc(C)c1F)C(=O)OC. The van der Waals surface area contributed by atoms with Crippen molar-refractivity contribution in [2.24, 2.45) is 0 Å². The molecular formula is C12H16FNO3. The molecule has 94 valence electrons. The zero-order valence-corrected chi connectivity index (χ0v) is 10.1. The first-order chi connectivity index (χ1) is 8.10. The van der Waals surface area contributed by atoms with Crippen LogP contribution in [-0.4, -0.2) is 32.8 Å². The molecule has 17 heavy (non-hydrogen) atoms. The van der Waals surface area contributed by atoms with Gasteiger partial charge in [-0.15, -0.1) is 0 Å². The van der Waals surface area contributed by atoms with Crippen LogP contribution in [0.1, 0.15) is 5.56 Å². The van der Waals surface area contributed by atoms with Crippen LogP contribution in [0.2, 0.25) is 0 Å². The number of hydrogen-bond acceptors (Lipinski definition) is 4. The molecule has 0 saturated heterocycles. The van der Waals surface area contributed by atoms with Crippen molar-refractivity contribution in [1.82, 2.24) is 5.32 Å². The van der Waals surface area contributed by atoms with E-state index in [2.05, 4.69) is 10.1 Å². The lowest BCUT2D eigenvalue weighted by Gasteiger charge is -2.15. The standard InChI is InChI=1S/C12H16FNO3/c1-8-5-4-6-10(11(8)13)17-7-9(14-2)12(15)16-3/h4-6,9,14H,7H2,1-3H3. The van der Waals surface area contributed by atoms with Gasteiger partial charge in [-0.25, -0.2) is 4.39 Å². The van der Waals surface area contributed by atoms with E-state index < -0.39 is 17.8 Å². The van der Waals surface area contributed by atoms with Gasteiger partial charge in [0, 0.05) is 0 Å². The highest BCUT2D eigenvalue weighted by molar-refractivity contribution is 5.75. The smallest absolute Gasteiger partial charge is 0.326 e. The number of esters is 1. The Bertz CT molecular complexity index is 395. The molecule has 1 atom stereocenters. The van der Waals surface area contributed by atoms with Crippen LogP contribution >= 0.6 is 0 Å². The molecule has 0 heterocycles. The first-order valence-electron chi connectivity index (χ1n) is 5.23. The summed E-state index contributed by atoms with van der Waals surface area (Å²) in [6.07, 6.45) is 0. The van der Waals surface area contributed by atoms with Gasteiger partial charge in [-0.2, -0.15) is 0 Å². The Morgan fingerprint density at radius 1 is 1.53 bits per heavy atom. The molecule has 0 aliphatic rings. The number of benzene rings is 1. The predicted octanol–water partition coefficient (Wildman–Crippen LogP) is 1.27. The summed E-state index contributed by atoms with van der Waals surface area (Å²) in [6.45, 7) is 1.67. The summed E-state index contributed by atoms with van der Waals surface area (Å²) >= 11 is 0. The minimum absolute atomic E-state index is 0.0174. The monoisotopic (exact) mass is 241 g/mol. The van der Waals surface area contributed by atoms with E-state index in [9.17, 15) is 9.18 Å². The maximum atomic E-state index is 13.6. The Labute approximate surface area is 99.7 Å². The quantitative estimate of drug-likeness (QED) is 0.789. The molecule has 1 N–H and O–H groups in total. The predicted molar refractivity (Wildman–Crippen MR) is 61.5 cm³/mol. The van der Waals surface area contributed by atoms with Crippen molar-refractivity contribution >= 4 is 5.97 Å². The third-order valence-corrected chi connectivity index (χ3v) is 2.40. The Hall–Kier alpha value is -1.62. The van der Waals surface area contributed by atoms with Crippen molar-refractivity contribution in [1.29, 1.82) is 0 Å². The minimum Gasteiger partial charge on any atom is -0.488 e. The molecule has 5 heteroatoms. The number of carbonyl (C=O) groups excluding carboxylic acids is 1. The van der Waals surface area contributed by atoms with E-state index in [-0.39, 0.29) is 12.4 Å². The molecule has 0 bridgehead atoms. The van der Waals surface area contributed by atoms with Crippen LogP contribution < -0.4 is 10.1 Å². The largest absolute Gasteiger partial charge is 0.488 e. The second kappa shape index (κ2) is 6.20. The molecule has 4 nitrogen and oxygen atoms in total. The third kappa shape index (κ3) is 3.42. The Morgan fingerprint density at radius 3 is 2.82 bits per heavy atom. The highest BCUT2D eigenvalue weighted by atomic mass is 19.1. The van der Waals surface area contributed by atoms with Gasteiger partial charge in [0.1, 0.15) is 12.6 Å². The number of likely N-dealkylation sites (N-methyl/N-ethyl adjacent to an activating group) is 1. The lowest BCUT2D eigenvalue weighted by atomic mass is 10.2. The molecule has 0 radical (unpaired) electrons. The number of halogens is 1. The van der Waals surface area contributed by atoms with Gasteiger partial charge in [-0.1, -0.05) is 12.1 Å². The van der Waals surface area contributed by atoms with Crippen LogP contribution in [0.15, 0.2) is 18.2 Å². The number of aryl methyl sites for hydroxylation is 1. The fourth-order valence-corrected chi connectivity index (χ4v) is 1.32. The molecule has 1 aromatic carbocycles. The highest BCUT2D eigenvalue weighted by Gasteiger charge is 2.18. The van der Waals surface area contributed by atoms with Gasteiger partial charge in [-0.3, -0.25) is 4.79 Å². The van der Waals surface area contributed by atoms with E-state index in [1.54, 1.807) is 26.1 Å². The van der Waals surface area contributed by atoms with Crippen LogP contribution in [0, 0.1) is 12.7 Å². The molecule has 0 fully saturated rings. The zero-order chi connectivity index (χ0) is 12.8. The molecule has 1 rings (SSSR count). The van der Waals surface area contributed by atoms with E-state index in [1.807, 2.05) is 0 Å². The number of carbonyl (C=O) groups is 1. The Morgan fingerprint density at radius 2 is 2.24 bits per heavy atom. The average molecular weight is 241 g/mol. The molecule has 0 spiro atoms. The van der Waals surface area contributed by atoms with Crippen LogP contribution in [0.3, 0.4) is 0 Å². The first-order valence-corrected chi connectivity index (χ1v) is 5.23. The highest BCUT2D eigenvalue weighted by Crippen LogP contribution is 2.19. The molecule has 1 aromatic rings. The molecule has 0 amide bonds. The average Bonchev–Trinajstić information content (AvgIpc) is 2.34. The third-order valence-electron chi connectivity index (χ3n) is 2.40. The summed E-state index contributed by atoms with van der Waals surface area (Å²) in [4.78, 5) is 11.3. The van der Waals surface area contributed by atoms with Gasteiger partial charge in [0.25, 0.3) is 0 Å². The summed E-state index contributed by atoms with van der Waals surface area (Å²) in [6, 6.07) is 4.25. The van der Waals surface area contributed by atoms with Gasteiger partial charge in [-0.05, 0) is 25.6 Å². The summed E-state index contributed by atoms with van der Waals surface area (Å²) in [5, 5.41) is 2.74. The maximum absolute atomic E-state index is 13.6. The van der Waals surface area contributed by atoms with Crippen molar-refractivity contribution in [3.05, 3.63) is 29.6 Å². The van der Waals surface area contributed by atoms with E-state index in [1.165, 1.54) is 13.2 Å². The number of hydrogen-bond donors (Lipinski definition) is 1. The van der Waals surface area contributed by atoms with Crippen molar-refractivity contribution < 1.29 is 18.7 Å². The summed E-state index contributed by atoms with van der Waals surface area (Å²) < 4.78 is 23.4. The second-order valence-corrected chi connectivity index (χ2v) is 3.56. The molecule has 0 aliphatic heterocycles. The molecular weight excluding hydrogens is 225 g/mol. The van der Waals surface area contributed by atoms with Gasteiger partial charge in [0.05, 0.1) is 7.11 Å². The van der Waals surface area contributed by atoms with E-state index in [0.717, 1.165) is 0 Å². The number of rotatable bonds is 5. The van der Waals surface area contributed by atoms with Crippen molar-refractivity contribution in [2.45, 2.75) is 13.0 Å². The van der Waals surface area contributed by atoms with Crippen LogP contribution in [0.4, 0.5) is 4.39 Å². The molecule has 0 aromatic heterocycles. The van der Waals surface area contributed by atoms with Crippen LogP contribution in [0.5, 0.6) is 5.75 Å². The summed E-state index contributed by atoms with van der Waals surface area (Å²) in [7, 11) is 2.90. The Kier molecular flexibility index (Phi) is 4.90. The van der Waals surface area contributed by atoms with Gasteiger partial charge in [0.15, 0.2) is 11.6 Å². The number of methoxy groups -OCH3 is 1. The van der Waals surface area contributed by atoms with Gasteiger partial charge >= 0.3 is 5.97 Å². The summed E-state index contributed by atoms with van der Waals surface area (Å²) in [5.41, 5.74) is 0.501. The Balaban J connectivity index is 2.66. The topological polar surface area (TPSA) is 47.6 Å². The van der Waals surface area contributed by atoms with Crippen molar-refractivity contribution in [2.75, 3.05) is 20.8 Å². The lowest BCUT2D eigenvalue weighted by molar-refractivity contribution is -0.143. The minimum atomic E-state index is -0.611.